The molecule has 3 rings (SSSR count). The van der Waals surface area contributed by atoms with Gasteiger partial charge < -0.3 is 5.32 Å². The van der Waals surface area contributed by atoms with Crippen LogP contribution in [0.2, 0.25) is 0 Å². The minimum atomic E-state index is -0.136. The number of carbonyl (C=O) groups excluding carboxylic acids is 1. The summed E-state index contributed by atoms with van der Waals surface area (Å²) >= 11 is 1.39. The number of rotatable bonds is 3. The average Bonchev–Trinajstić information content (AvgIpc) is 3.10. The van der Waals surface area contributed by atoms with Crippen LogP contribution in [0.25, 0.3) is 11.3 Å². The molecule has 0 atom stereocenters. The second-order valence-electron chi connectivity index (χ2n) is 4.55. The molecular weight excluding hydrogens is 294 g/mol. The normalized spacial score (nSPS) is 9.95. The molecule has 0 aliphatic heterocycles. The summed E-state index contributed by atoms with van der Waals surface area (Å²) in [6.45, 7) is 0. The number of carbonyl (C=O) groups is 1. The van der Waals surface area contributed by atoms with Crippen molar-refractivity contribution in [2.75, 3.05) is 5.32 Å². The lowest BCUT2D eigenvalue weighted by Crippen LogP contribution is -2.10. The first kappa shape index (κ1) is 14.0. The van der Waals surface area contributed by atoms with Crippen LogP contribution in [0.5, 0.6) is 0 Å². The molecule has 3 aromatic rings. The van der Waals surface area contributed by atoms with Gasteiger partial charge in [-0.3, -0.25) is 9.78 Å². The van der Waals surface area contributed by atoms with Gasteiger partial charge in [-0.05, 0) is 35.7 Å². The monoisotopic (exact) mass is 305 g/mol. The lowest BCUT2D eigenvalue weighted by atomic mass is 10.1. The summed E-state index contributed by atoms with van der Waals surface area (Å²) in [7, 11) is 0. The summed E-state index contributed by atoms with van der Waals surface area (Å²) in [6, 6.07) is 16.6. The molecule has 22 heavy (non-hydrogen) atoms. The molecule has 5 heteroatoms. The van der Waals surface area contributed by atoms with Gasteiger partial charge in [-0.25, -0.2) is 0 Å². The van der Waals surface area contributed by atoms with Gasteiger partial charge in [0.05, 0.1) is 34.1 Å². The smallest absolute Gasteiger partial charge is 0.265 e. The number of hydrogen-bond donors (Lipinski definition) is 1. The summed E-state index contributed by atoms with van der Waals surface area (Å²) < 4.78 is 0. The Bertz CT molecular complexity index is 816. The average molecular weight is 305 g/mol. The third-order valence-corrected chi connectivity index (χ3v) is 3.94. The molecule has 2 heterocycles. The van der Waals surface area contributed by atoms with Gasteiger partial charge in [-0.15, -0.1) is 11.3 Å². The van der Waals surface area contributed by atoms with E-state index in [2.05, 4.69) is 16.4 Å². The molecule has 2 aromatic heterocycles. The van der Waals surface area contributed by atoms with Crippen molar-refractivity contribution in [3.63, 3.8) is 0 Å². The highest BCUT2D eigenvalue weighted by molar-refractivity contribution is 7.12. The van der Waals surface area contributed by atoms with Crippen LogP contribution in [0.1, 0.15) is 15.2 Å². The molecule has 1 N–H and O–H groups in total. The predicted octanol–water partition coefficient (Wildman–Crippen LogP) is 3.93. The van der Waals surface area contributed by atoms with E-state index in [-0.39, 0.29) is 5.91 Å². The first-order valence-corrected chi connectivity index (χ1v) is 7.46. The van der Waals surface area contributed by atoms with Crippen LogP contribution >= 0.6 is 11.3 Å². The molecule has 0 radical (unpaired) electrons. The maximum Gasteiger partial charge on any atom is 0.265 e. The Kier molecular flexibility index (Phi) is 3.95. The van der Waals surface area contributed by atoms with E-state index >= 15 is 0 Å². The van der Waals surface area contributed by atoms with E-state index in [0.29, 0.717) is 16.1 Å². The predicted molar refractivity (Wildman–Crippen MR) is 86.7 cm³/mol. The second-order valence-corrected chi connectivity index (χ2v) is 5.50. The van der Waals surface area contributed by atoms with Crippen LogP contribution < -0.4 is 5.32 Å². The van der Waals surface area contributed by atoms with Crippen LogP contribution in [0.4, 0.5) is 5.69 Å². The molecule has 0 aliphatic carbocycles. The van der Waals surface area contributed by atoms with Gasteiger partial charge in [0.15, 0.2) is 0 Å². The van der Waals surface area contributed by atoms with E-state index in [0.717, 1.165) is 11.3 Å². The van der Waals surface area contributed by atoms with Gasteiger partial charge in [0.2, 0.25) is 0 Å². The molecule has 0 spiro atoms. The molecule has 0 unspecified atom stereocenters. The number of anilines is 1. The highest BCUT2D eigenvalue weighted by atomic mass is 32.1. The summed E-state index contributed by atoms with van der Waals surface area (Å²) in [4.78, 5) is 16.9. The van der Waals surface area contributed by atoms with E-state index < -0.39 is 0 Å². The Morgan fingerprint density at radius 1 is 1.14 bits per heavy atom. The van der Waals surface area contributed by atoms with Crippen molar-refractivity contribution in [2.24, 2.45) is 0 Å². The molecule has 1 amide bonds. The lowest BCUT2D eigenvalue weighted by Gasteiger charge is -2.05. The van der Waals surface area contributed by atoms with Gasteiger partial charge in [0, 0.05) is 5.56 Å². The highest BCUT2D eigenvalue weighted by Gasteiger charge is 2.07. The van der Waals surface area contributed by atoms with Crippen LogP contribution in [-0.2, 0) is 0 Å². The number of pyridine rings is 1. The van der Waals surface area contributed by atoms with Crippen molar-refractivity contribution in [1.82, 2.24) is 4.98 Å². The molecule has 106 valence electrons. The third kappa shape index (κ3) is 3.03. The molecule has 0 saturated heterocycles. The van der Waals surface area contributed by atoms with Gasteiger partial charge in [-0.2, -0.15) is 5.26 Å². The number of nitriles is 1. The molecule has 4 nitrogen and oxygen atoms in total. The van der Waals surface area contributed by atoms with Crippen LogP contribution in [0.3, 0.4) is 0 Å². The van der Waals surface area contributed by atoms with E-state index in [4.69, 9.17) is 5.26 Å². The Morgan fingerprint density at radius 3 is 2.55 bits per heavy atom. The first-order valence-electron chi connectivity index (χ1n) is 6.58. The van der Waals surface area contributed by atoms with Crippen molar-refractivity contribution in [3.8, 4) is 17.3 Å². The maximum absolute atomic E-state index is 11.9. The summed E-state index contributed by atoms with van der Waals surface area (Å²) in [5, 5.41) is 13.5. The quantitative estimate of drug-likeness (QED) is 0.797. The number of benzene rings is 1. The second kappa shape index (κ2) is 6.20. The minimum absolute atomic E-state index is 0.136. The molecule has 0 bridgehead atoms. The van der Waals surface area contributed by atoms with Gasteiger partial charge in [-0.1, -0.05) is 18.2 Å². The fourth-order valence-electron chi connectivity index (χ4n) is 1.95. The van der Waals surface area contributed by atoms with E-state index in [1.807, 2.05) is 35.7 Å². The maximum atomic E-state index is 11.9. The Hall–Kier alpha value is -2.97. The summed E-state index contributed by atoms with van der Waals surface area (Å²) in [5.41, 5.74) is 2.98. The zero-order chi connectivity index (χ0) is 15.4. The molecule has 1 aromatic carbocycles. The van der Waals surface area contributed by atoms with Crippen LogP contribution in [0.15, 0.2) is 60.1 Å². The zero-order valence-corrected chi connectivity index (χ0v) is 12.3. The number of nitrogens with one attached hydrogen (secondary N) is 1. The fourth-order valence-corrected chi connectivity index (χ4v) is 2.57. The Morgan fingerprint density at radius 2 is 1.95 bits per heavy atom. The van der Waals surface area contributed by atoms with Gasteiger partial charge >= 0.3 is 0 Å². The molecule has 0 fully saturated rings. The Balaban J connectivity index is 1.75. The summed E-state index contributed by atoms with van der Waals surface area (Å²) in [6.07, 6.45) is 1.62. The number of aromatic nitrogens is 1. The van der Waals surface area contributed by atoms with Crippen LogP contribution in [0, 0.1) is 11.3 Å². The van der Waals surface area contributed by atoms with Crippen molar-refractivity contribution in [2.45, 2.75) is 0 Å². The number of hydrogen-bond acceptors (Lipinski definition) is 4. The number of thiophene rings is 1. The standard InChI is InChI=1S/C17H11N3OS/c18-10-12-3-5-13(6-4-12)15-8-7-14(11-19-15)20-17(21)16-2-1-9-22-16/h1-9,11H,(H,20,21). The summed E-state index contributed by atoms with van der Waals surface area (Å²) in [5.74, 6) is -0.136. The van der Waals surface area contributed by atoms with E-state index in [9.17, 15) is 4.79 Å². The lowest BCUT2D eigenvalue weighted by molar-refractivity contribution is 0.103. The minimum Gasteiger partial charge on any atom is -0.320 e. The molecular formula is C17H11N3OS. The number of amides is 1. The van der Waals surface area contributed by atoms with Gasteiger partial charge in [0.25, 0.3) is 5.91 Å². The Labute approximate surface area is 131 Å². The van der Waals surface area contributed by atoms with Crippen molar-refractivity contribution < 1.29 is 4.79 Å². The first-order chi connectivity index (χ1) is 10.8. The topological polar surface area (TPSA) is 65.8 Å². The zero-order valence-electron chi connectivity index (χ0n) is 11.5. The molecule has 0 aliphatic rings. The van der Waals surface area contributed by atoms with Crippen molar-refractivity contribution >= 4 is 22.9 Å². The van der Waals surface area contributed by atoms with Crippen molar-refractivity contribution in [3.05, 3.63) is 70.5 Å². The number of nitrogens with zero attached hydrogens (tertiary/aromatic N) is 2. The van der Waals surface area contributed by atoms with Gasteiger partial charge in [0.1, 0.15) is 0 Å². The highest BCUT2D eigenvalue weighted by Crippen LogP contribution is 2.19. The third-order valence-electron chi connectivity index (χ3n) is 3.08. The van der Waals surface area contributed by atoms with E-state index in [1.54, 1.807) is 24.4 Å². The largest absolute Gasteiger partial charge is 0.320 e. The van der Waals surface area contributed by atoms with E-state index in [1.165, 1.54) is 11.3 Å². The SMILES string of the molecule is N#Cc1ccc(-c2ccc(NC(=O)c3cccs3)cn2)cc1. The fraction of sp³-hybridized carbons (Fsp3) is 0. The van der Waals surface area contributed by atoms with Crippen LogP contribution in [-0.4, -0.2) is 10.9 Å². The molecule has 0 saturated carbocycles. The van der Waals surface area contributed by atoms with Crippen molar-refractivity contribution in [1.29, 1.82) is 5.26 Å².